The first-order valence-electron chi connectivity index (χ1n) is 5.27. The summed E-state index contributed by atoms with van der Waals surface area (Å²) in [6, 6.07) is 0. The van der Waals surface area contributed by atoms with Gasteiger partial charge < -0.3 is 5.11 Å². The second kappa shape index (κ2) is 6.93. The van der Waals surface area contributed by atoms with E-state index in [1.165, 1.54) is 6.92 Å². The van der Waals surface area contributed by atoms with E-state index in [1.54, 1.807) is 0 Å². The molecule has 0 saturated heterocycles. The maximum atomic E-state index is 12.1. The molecule has 108 valence electrons. The number of carboxylic acid groups (broad SMARTS) is 1. The second-order valence-corrected chi connectivity index (χ2v) is 6.28. The average Bonchev–Trinajstić information content (AvgIpc) is 2.13. The summed E-state index contributed by atoms with van der Waals surface area (Å²) < 4.78 is 58.7. The predicted octanol–water partition coefficient (Wildman–Crippen LogP) is 0.760. The van der Waals surface area contributed by atoms with Gasteiger partial charge in [0.2, 0.25) is 0 Å². The molecule has 5 nitrogen and oxygen atoms in total. The lowest BCUT2D eigenvalue weighted by molar-refractivity contribution is -0.153. The summed E-state index contributed by atoms with van der Waals surface area (Å²) in [4.78, 5) is 11.1. The predicted molar refractivity (Wildman–Crippen MR) is 59.1 cm³/mol. The van der Waals surface area contributed by atoms with Gasteiger partial charge in [-0.05, 0) is 6.42 Å². The summed E-state index contributed by atoms with van der Waals surface area (Å²) >= 11 is 0. The Hall–Kier alpha value is -0.830. The Morgan fingerprint density at radius 3 is 2.28 bits per heavy atom. The maximum Gasteiger partial charge on any atom is 0.401 e. The maximum absolute atomic E-state index is 12.1. The van der Waals surface area contributed by atoms with Crippen molar-refractivity contribution >= 4 is 15.8 Å². The number of carboxylic acids is 1. The van der Waals surface area contributed by atoms with Gasteiger partial charge >= 0.3 is 12.1 Å². The zero-order valence-electron chi connectivity index (χ0n) is 9.90. The van der Waals surface area contributed by atoms with Gasteiger partial charge in [-0.1, -0.05) is 6.92 Å². The number of aliphatic carboxylic acids is 1. The van der Waals surface area contributed by atoms with Crippen LogP contribution in [0.1, 0.15) is 13.3 Å². The lowest BCUT2D eigenvalue weighted by atomic mass is 10.4. The molecule has 0 unspecified atom stereocenters. The molecule has 0 heterocycles. The smallest absolute Gasteiger partial charge is 0.401 e. The van der Waals surface area contributed by atoms with Crippen molar-refractivity contribution in [2.24, 2.45) is 0 Å². The van der Waals surface area contributed by atoms with E-state index < -0.39 is 35.1 Å². The number of hydrogen-bond donors (Lipinski definition) is 1. The van der Waals surface area contributed by atoms with Gasteiger partial charge in [-0.15, -0.1) is 0 Å². The third kappa shape index (κ3) is 9.23. The Labute approximate surface area is 103 Å². The Morgan fingerprint density at radius 2 is 1.89 bits per heavy atom. The molecule has 0 saturated carbocycles. The largest absolute Gasteiger partial charge is 0.480 e. The molecule has 0 aromatic rings. The zero-order chi connectivity index (χ0) is 14.4. The lowest BCUT2D eigenvalue weighted by Gasteiger charge is -2.21. The van der Waals surface area contributed by atoms with Crippen LogP contribution in [-0.2, 0) is 14.6 Å². The second-order valence-electron chi connectivity index (χ2n) is 3.81. The zero-order valence-corrected chi connectivity index (χ0v) is 10.7. The van der Waals surface area contributed by atoms with E-state index in [9.17, 15) is 26.4 Å². The SMILES string of the molecule is CCS(=O)(=O)CCCN(CC(=O)O)CC(F)(F)F. The number of halogens is 3. The minimum atomic E-state index is -4.50. The van der Waals surface area contributed by atoms with Crippen molar-refractivity contribution in [3.05, 3.63) is 0 Å². The number of carbonyl (C=O) groups is 1. The highest BCUT2D eigenvalue weighted by atomic mass is 32.2. The van der Waals surface area contributed by atoms with Crippen LogP contribution in [0.5, 0.6) is 0 Å². The van der Waals surface area contributed by atoms with E-state index in [-0.39, 0.29) is 24.5 Å². The van der Waals surface area contributed by atoms with Crippen LogP contribution in [0, 0.1) is 0 Å². The van der Waals surface area contributed by atoms with Crippen molar-refractivity contribution in [1.82, 2.24) is 4.90 Å². The van der Waals surface area contributed by atoms with Crippen LogP contribution in [0.3, 0.4) is 0 Å². The quantitative estimate of drug-likeness (QED) is 0.714. The summed E-state index contributed by atoms with van der Waals surface area (Å²) in [5.74, 6) is -1.69. The van der Waals surface area contributed by atoms with Gasteiger partial charge in [-0.25, -0.2) is 8.42 Å². The number of sulfone groups is 1. The molecule has 18 heavy (non-hydrogen) atoms. The molecule has 0 bridgehead atoms. The minimum Gasteiger partial charge on any atom is -0.480 e. The first-order valence-corrected chi connectivity index (χ1v) is 7.09. The Bertz CT molecular complexity index is 366. The van der Waals surface area contributed by atoms with Crippen molar-refractivity contribution in [2.75, 3.05) is 31.1 Å². The van der Waals surface area contributed by atoms with Gasteiger partial charge in [0.05, 0.1) is 18.8 Å². The molecule has 0 aromatic heterocycles. The molecule has 0 aliphatic carbocycles. The Morgan fingerprint density at radius 1 is 1.33 bits per heavy atom. The Balaban J connectivity index is 4.30. The topological polar surface area (TPSA) is 74.7 Å². The van der Waals surface area contributed by atoms with Crippen LogP contribution in [0.15, 0.2) is 0 Å². The van der Waals surface area contributed by atoms with E-state index in [0.717, 1.165) is 0 Å². The molecule has 0 aliphatic rings. The van der Waals surface area contributed by atoms with Crippen molar-refractivity contribution in [3.8, 4) is 0 Å². The lowest BCUT2D eigenvalue weighted by Crippen LogP contribution is -2.39. The third-order valence-corrected chi connectivity index (χ3v) is 3.92. The fraction of sp³-hybridized carbons (Fsp3) is 0.889. The minimum absolute atomic E-state index is 0.0144. The summed E-state index contributed by atoms with van der Waals surface area (Å²) in [7, 11) is -3.24. The molecule has 0 aromatic carbocycles. The Kier molecular flexibility index (Phi) is 6.61. The number of rotatable bonds is 8. The van der Waals surface area contributed by atoms with E-state index in [2.05, 4.69) is 0 Å². The average molecular weight is 291 g/mol. The molecule has 9 heteroatoms. The highest BCUT2D eigenvalue weighted by Gasteiger charge is 2.31. The molecule has 0 fully saturated rings. The van der Waals surface area contributed by atoms with E-state index in [4.69, 9.17) is 5.11 Å². The van der Waals surface area contributed by atoms with E-state index in [1.807, 2.05) is 0 Å². The van der Waals surface area contributed by atoms with Crippen LogP contribution in [0.4, 0.5) is 13.2 Å². The molecule has 0 rings (SSSR count). The fourth-order valence-electron chi connectivity index (χ4n) is 1.31. The first kappa shape index (κ1) is 17.2. The summed E-state index contributed by atoms with van der Waals surface area (Å²) in [5.41, 5.74) is 0. The van der Waals surface area contributed by atoms with Crippen molar-refractivity contribution in [1.29, 1.82) is 0 Å². The van der Waals surface area contributed by atoms with Gasteiger partial charge in [0.25, 0.3) is 0 Å². The molecular formula is C9H16F3NO4S. The van der Waals surface area contributed by atoms with Crippen LogP contribution >= 0.6 is 0 Å². The van der Waals surface area contributed by atoms with Gasteiger partial charge in [0.1, 0.15) is 9.84 Å². The van der Waals surface area contributed by atoms with Gasteiger partial charge in [0, 0.05) is 12.3 Å². The molecule has 0 aliphatic heterocycles. The van der Waals surface area contributed by atoms with Crippen molar-refractivity contribution < 1.29 is 31.5 Å². The molecular weight excluding hydrogens is 275 g/mol. The van der Waals surface area contributed by atoms with Gasteiger partial charge in [-0.2, -0.15) is 13.2 Å². The van der Waals surface area contributed by atoms with E-state index in [0.29, 0.717) is 4.90 Å². The number of alkyl halides is 3. The summed E-state index contributed by atoms with van der Waals surface area (Å²) in [6.07, 6.45) is -4.52. The number of nitrogens with zero attached hydrogens (tertiary/aromatic N) is 1. The highest BCUT2D eigenvalue weighted by molar-refractivity contribution is 7.91. The van der Waals surface area contributed by atoms with Gasteiger partial charge in [0.15, 0.2) is 0 Å². The third-order valence-electron chi connectivity index (χ3n) is 2.13. The van der Waals surface area contributed by atoms with Crippen LogP contribution in [-0.4, -0.2) is 61.7 Å². The van der Waals surface area contributed by atoms with Crippen molar-refractivity contribution in [2.45, 2.75) is 19.5 Å². The summed E-state index contributed by atoms with van der Waals surface area (Å²) in [5, 5.41) is 8.46. The molecule has 0 amide bonds. The van der Waals surface area contributed by atoms with Crippen LogP contribution < -0.4 is 0 Å². The monoisotopic (exact) mass is 291 g/mol. The molecule has 0 radical (unpaired) electrons. The van der Waals surface area contributed by atoms with Crippen molar-refractivity contribution in [3.63, 3.8) is 0 Å². The van der Waals surface area contributed by atoms with Gasteiger partial charge in [-0.3, -0.25) is 9.69 Å². The van der Waals surface area contributed by atoms with Crippen LogP contribution in [0.25, 0.3) is 0 Å². The first-order chi connectivity index (χ1) is 8.06. The molecule has 0 spiro atoms. The molecule has 0 atom stereocenters. The highest BCUT2D eigenvalue weighted by Crippen LogP contribution is 2.16. The van der Waals surface area contributed by atoms with Crippen LogP contribution in [0.2, 0.25) is 0 Å². The fourth-order valence-corrected chi connectivity index (χ4v) is 2.17. The summed E-state index contributed by atoms with van der Waals surface area (Å²) in [6.45, 7) is -0.887. The van der Waals surface area contributed by atoms with E-state index >= 15 is 0 Å². The normalized spacial score (nSPS) is 12.9. The number of hydrogen-bond acceptors (Lipinski definition) is 4. The molecule has 1 N–H and O–H groups in total. The standard InChI is InChI=1S/C9H16F3NO4S/c1-2-18(16,17)5-3-4-13(6-8(14)15)7-9(10,11)12/h2-7H2,1H3,(H,14,15).